The van der Waals surface area contributed by atoms with Gasteiger partial charge in [-0.1, -0.05) is 0 Å². The van der Waals surface area contributed by atoms with Gasteiger partial charge in [-0.2, -0.15) is 0 Å². The van der Waals surface area contributed by atoms with Gasteiger partial charge in [0.05, 0.1) is 18.7 Å². The maximum atomic E-state index is 11.8. The molecule has 2 N–H and O–H groups in total. The number of nitrogens with zero attached hydrogens (tertiary/aromatic N) is 1. The van der Waals surface area contributed by atoms with E-state index in [0.717, 1.165) is 18.7 Å². The number of carbonyl (C=O) groups is 1. The van der Waals surface area contributed by atoms with Gasteiger partial charge in [-0.3, -0.25) is 4.79 Å². The van der Waals surface area contributed by atoms with E-state index in [1.165, 1.54) is 0 Å². The second kappa shape index (κ2) is 4.65. The normalized spacial score (nSPS) is 24.6. The van der Waals surface area contributed by atoms with E-state index in [1.54, 1.807) is 6.20 Å². The van der Waals surface area contributed by atoms with Crippen molar-refractivity contribution in [1.82, 2.24) is 15.6 Å². The van der Waals surface area contributed by atoms with E-state index in [-0.39, 0.29) is 17.9 Å². The highest BCUT2D eigenvalue weighted by Gasteiger charge is 2.29. The molecule has 5 heteroatoms. The number of carbonyl (C=O) groups excluding carboxylic acids is 1. The van der Waals surface area contributed by atoms with Crippen LogP contribution >= 0.6 is 0 Å². The molecule has 1 aliphatic rings. The van der Waals surface area contributed by atoms with Crippen LogP contribution in [-0.2, 0) is 11.3 Å². The summed E-state index contributed by atoms with van der Waals surface area (Å²) < 4.78 is 5.28. The van der Waals surface area contributed by atoms with Crippen molar-refractivity contribution in [3.8, 4) is 0 Å². The highest BCUT2D eigenvalue weighted by atomic mass is 16.4. The number of oxazole rings is 1. The molecule has 88 valence electrons. The standard InChI is InChI=1S/C11H17N3O2/c1-7-5-13-10(16-7)6-14-11(15)9-3-4-12-8(9)2/h5,8-9,12H,3-4,6H2,1-2H3,(H,14,15). The fourth-order valence-corrected chi connectivity index (χ4v) is 1.99. The van der Waals surface area contributed by atoms with Crippen LogP contribution in [0.25, 0.3) is 0 Å². The third kappa shape index (κ3) is 2.41. The van der Waals surface area contributed by atoms with Crippen LogP contribution in [0, 0.1) is 12.8 Å². The summed E-state index contributed by atoms with van der Waals surface area (Å²) in [5.41, 5.74) is 0. The topological polar surface area (TPSA) is 67.2 Å². The van der Waals surface area contributed by atoms with E-state index in [9.17, 15) is 4.79 Å². The minimum absolute atomic E-state index is 0.0658. The van der Waals surface area contributed by atoms with Gasteiger partial charge >= 0.3 is 0 Å². The molecular formula is C11H17N3O2. The van der Waals surface area contributed by atoms with Crippen LogP contribution in [-0.4, -0.2) is 23.5 Å². The van der Waals surface area contributed by atoms with Gasteiger partial charge in [-0.15, -0.1) is 0 Å². The summed E-state index contributed by atoms with van der Waals surface area (Å²) in [5, 5.41) is 6.10. The van der Waals surface area contributed by atoms with Crippen molar-refractivity contribution >= 4 is 5.91 Å². The maximum absolute atomic E-state index is 11.8. The Bertz CT molecular complexity index is 375. The Balaban J connectivity index is 1.83. The van der Waals surface area contributed by atoms with Gasteiger partial charge in [0.2, 0.25) is 11.8 Å². The molecule has 0 aromatic carbocycles. The summed E-state index contributed by atoms with van der Waals surface area (Å²) >= 11 is 0. The zero-order chi connectivity index (χ0) is 11.5. The lowest BCUT2D eigenvalue weighted by atomic mass is 10.0. The molecule has 2 unspecified atom stereocenters. The molecule has 1 aromatic rings. The summed E-state index contributed by atoms with van der Waals surface area (Å²) in [6, 6.07) is 0.256. The van der Waals surface area contributed by atoms with Gasteiger partial charge in [0.15, 0.2) is 0 Å². The molecule has 0 saturated carbocycles. The van der Waals surface area contributed by atoms with Crippen molar-refractivity contribution in [3.63, 3.8) is 0 Å². The van der Waals surface area contributed by atoms with Crippen LogP contribution in [0.5, 0.6) is 0 Å². The fraction of sp³-hybridized carbons (Fsp3) is 0.636. The number of rotatable bonds is 3. The highest BCUT2D eigenvalue weighted by molar-refractivity contribution is 5.79. The monoisotopic (exact) mass is 223 g/mol. The van der Waals surface area contributed by atoms with E-state index < -0.39 is 0 Å². The first-order chi connectivity index (χ1) is 7.66. The predicted molar refractivity (Wildman–Crippen MR) is 58.7 cm³/mol. The number of hydrogen-bond donors (Lipinski definition) is 2. The minimum atomic E-state index is 0.0658. The summed E-state index contributed by atoms with van der Waals surface area (Å²) in [6.07, 6.45) is 2.55. The first-order valence-corrected chi connectivity index (χ1v) is 5.59. The first-order valence-electron chi connectivity index (χ1n) is 5.59. The Morgan fingerprint density at radius 2 is 2.56 bits per heavy atom. The molecular weight excluding hydrogens is 206 g/mol. The molecule has 1 saturated heterocycles. The number of amides is 1. The van der Waals surface area contributed by atoms with Crippen LogP contribution in [0.3, 0.4) is 0 Å². The smallest absolute Gasteiger partial charge is 0.225 e. The van der Waals surface area contributed by atoms with Crippen LogP contribution in [0.15, 0.2) is 10.6 Å². The van der Waals surface area contributed by atoms with Crippen molar-refractivity contribution in [2.45, 2.75) is 32.9 Å². The van der Waals surface area contributed by atoms with Crippen molar-refractivity contribution in [1.29, 1.82) is 0 Å². The van der Waals surface area contributed by atoms with Crippen LogP contribution in [0.2, 0.25) is 0 Å². The third-order valence-corrected chi connectivity index (χ3v) is 2.94. The molecule has 0 spiro atoms. The van der Waals surface area contributed by atoms with E-state index in [0.29, 0.717) is 12.4 Å². The van der Waals surface area contributed by atoms with Gasteiger partial charge in [-0.25, -0.2) is 4.98 Å². The largest absolute Gasteiger partial charge is 0.444 e. The van der Waals surface area contributed by atoms with E-state index >= 15 is 0 Å². The Hall–Kier alpha value is -1.36. The molecule has 1 aliphatic heterocycles. The second-order valence-electron chi connectivity index (χ2n) is 4.22. The molecule has 1 amide bonds. The number of hydrogen-bond acceptors (Lipinski definition) is 4. The molecule has 2 atom stereocenters. The molecule has 1 aromatic heterocycles. The number of nitrogens with one attached hydrogen (secondary N) is 2. The zero-order valence-corrected chi connectivity index (χ0v) is 9.62. The molecule has 2 heterocycles. The Kier molecular flexibility index (Phi) is 3.24. The quantitative estimate of drug-likeness (QED) is 0.787. The van der Waals surface area contributed by atoms with Crippen LogP contribution in [0.1, 0.15) is 25.0 Å². The lowest BCUT2D eigenvalue weighted by Gasteiger charge is -2.13. The van der Waals surface area contributed by atoms with Gasteiger partial charge in [0.1, 0.15) is 5.76 Å². The van der Waals surface area contributed by atoms with Crippen molar-refractivity contribution < 1.29 is 9.21 Å². The summed E-state index contributed by atoms with van der Waals surface area (Å²) in [5.74, 6) is 1.47. The third-order valence-electron chi connectivity index (χ3n) is 2.94. The zero-order valence-electron chi connectivity index (χ0n) is 9.62. The molecule has 5 nitrogen and oxygen atoms in total. The highest BCUT2D eigenvalue weighted by Crippen LogP contribution is 2.15. The average Bonchev–Trinajstić information content (AvgIpc) is 2.84. The van der Waals surface area contributed by atoms with E-state index in [1.807, 2.05) is 13.8 Å². The second-order valence-corrected chi connectivity index (χ2v) is 4.22. The number of aryl methyl sites for hydroxylation is 1. The maximum Gasteiger partial charge on any atom is 0.225 e. The summed E-state index contributed by atoms with van der Waals surface area (Å²) in [4.78, 5) is 15.9. The summed E-state index contributed by atoms with van der Waals surface area (Å²) in [6.45, 7) is 5.15. The minimum Gasteiger partial charge on any atom is -0.444 e. The summed E-state index contributed by atoms with van der Waals surface area (Å²) in [7, 11) is 0. The van der Waals surface area contributed by atoms with Crippen molar-refractivity contribution in [2.75, 3.05) is 6.54 Å². The van der Waals surface area contributed by atoms with Gasteiger partial charge in [0.25, 0.3) is 0 Å². The SMILES string of the molecule is Cc1cnc(CNC(=O)C2CCNC2C)o1. The molecule has 0 aliphatic carbocycles. The van der Waals surface area contributed by atoms with E-state index in [4.69, 9.17) is 4.42 Å². The van der Waals surface area contributed by atoms with Gasteiger partial charge in [0, 0.05) is 6.04 Å². The molecule has 0 bridgehead atoms. The fourth-order valence-electron chi connectivity index (χ4n) is 1.99. The van der Waals surface area contributed by atoms with Crippen LogP contribution in [0.4, 0.5) is 0 Å². The molecule has 1 fully saturated rings. The Morgan fingerprint density at radius 1 is 1.75 bits per heavy atom. The molecule has 2 rings (SSSR count). The van der Waals surface area contributed by atoms with E-state index in [2.05, 4.69) is 15.6 Å². The Morgan fingerprint density at radius 3 is 3.12 bits per heavy atom. The molecule has 16 heavy (non-hydrogen) atoms. The lowest BCUT2D eigenvalue weighted by Crippen LogP contribution is -2.36. The first kappa shape index (κ1) is 11.1. The average molecular weight is 223 g/mol. The van der Waals surface area contributed by atoms with Gasteiger partial charge in [-0.05, 0) is 26.8 Å². The van der Waals surface area contributed by atoms with Gasteiger partial charge < -0.3 is 15.1 Å². The van der Waals surface area contributed by atoms with Crippen molar-refractivity contribution in [2.24, 2.45) is 5.92 Å². The lowest BCUT2D eigenvalue weighted by molar-refractivity contribution is -0.125. The molecule has 0 radical (unpaired) electrons. The predicted octanol–water partition coefficient (Wildman–Crippen LogP) is 0.597. The van der Waals surface area contributed by atoms with Crippen LogP contribution < -0.4 is 10.6 Å². The Labute approximate surface area is 94.6 Å². The number of aromatic nitrogens is 1. The van der Waals surface area contributed by atoms with Crippen molar-refractivity contribution in [3.05, 3.63) is 17.8 Å².